The molecule has 0 aliphatic heterocycles. The van der Waals surface area contributed by atoms with Crippen molar-refractivity contribution in [3.05, 3.63) is 65.5 Å². The van der Waals surface area contributed by atoms with E-state index in [1.54, 1.807) is 7.05 Å². The highest BCUT2D eigenvalue weighted by atomic mass is 32.2. The van der Waals surface area contributed by atoms with Gasteiger partial charge in [-0.3, -0.25) is 0 Å². The molecule has 0 atom stereocenters. The van der Waals surface area contributed by atoms with E-state index in [-0.39, 0.29) is 23.4 Å². The van der Waals surface area contributed by atoms with Gasteiger partial charge in [0.1, 0.15) is 11.5 Å². The van der Waals surface area contributed by atoms with E-state index in [1.807, 2.05) is 0 Å². The van der Waals surface area contributed by atoms with Gasteiger partial charge in [0, 0.05) is 24.5 Å². The zero-order chi connectivity index (χ0) is 19.8. The number of nitrogens with zero attached hydrogens (tertiary/aromatic N) is 3. The Bertz CT molecular complexity index is 1110. The average molecular weight is 396 g/mol. The SMILES string of the molecule is CNCc1cn(S(=O)(=O)c2ccc(F)c(C)n2)c(-c2cccnc2F)c1F. The minimum absolute atomic E-state index is 0.0122. The quantitative estimate of drug-likeness (QED) is 0.671. The molecule has 0 saturated heterocycles. The predicted octanol–water partition coefficient (Wildman–Crippen LogP) is 2.63. The second-order valence-electron chi connectivity index (χ2n) is 5.71. The van der Waals surface area contributed by atoms with Crippen LogP contribution in [0, 0.1) is 24.5 Å². The second kappa shape index (κ2) is 7.12. The third-order valence-corrected chi connectivity index (χ3v) is 5.45. The molecule has 1 N–H and O–H groups in total. The van der Waals surface area contributed by atoms with Crippen molar-refractivity contribution in [3.63, 3.8) is 0 Å². The Balaban J connectivity index is 2.30. The molecule has 3 aromatic heterocycles. The Kier molecular flexibility index (Phi) is 5.03. The molecule has 0 aliphatic rings. The first kappa shape index (κ1) is 19.1. The summed E-state index contributed by atoms with van der Waals surface area (Å²) in [6, 6.07) is 4.50. The number of aryl methyl sites for hydroxylation is 1. The van der Waals surface area contributed by atoms with E-state index in [4.69, 9.17) is 0 Å². The third kappa shape index (κ3) is 3.33. The molecule has 6 nitrogen and oxygen atoms in total. The van der Waals surface area contributed by atoms with Crippen molar-refractivity contribution < 1.29 is 21.6 Å². The first-order chi connectivity index (χ1) is 12.8. The van der Waals surface area contributed by atoms with E-state index in [0.29, 0.717) is 3.97 Å². The molecule has 0 aromatic carbocycles. The van der Waals surface area contributed by atoms with Gasteiger partial charge in [0.15, 0.2) is 10.8 Å². The summed E-state index contributed by atoms with van der Waals surface area (Å²) in [5.74, 6) is -2.61. The van der Waals surface area contributed by atoms with Crippen LogP contribution in [-0.2, 0) is 16.6 Å². The molecule has 10 heteroatoms. The van der Waals surface area contributed by atoms with Gasteiger partial charge in [-0.2, -0.15) is 12.8 Å². The monoisotopic (exact) mass is 396 g/mol. The van der Waals surface area contributed by atoms with Gasteiger partial charge in [-0.25, -0.2) is 22.7 Å². The van der Waals surface area contributed by atoms with Crippen molar-refractivity contribution in [1.29, 1.82) is 0 Å². The zero-order valence-electron chi connectivity index (χ0n) is 14.4. The summed E-state index contributed by atoms with van der Waals surface area (Å²) in [6.07, 6.45) is 2.21. The summed E-state index contributed by atoms with van der Waals surface area (Å²) in [7, 11) is -2.86. The highest BCUT2D eigenvalue weighted by Crippen LogP contribution is 2.31. The highest BCUT2D eigenvalue weighted by molar-refractivity contribution is 7.90. The zero-order valence-corrected chi connectivity index (χ0v) is 15.2. The second-order valence-corrected chi connectivity index (χ2v) is 7.47. The Morgan fingerprint density at radius 2 is 1.93 bits per heavy atom. The number of hydrogen-bond donors (Lipinski definition) is 1. The van der Waals surface area contributed by atoms with Gasteiger partial charge in [0.25, 0.3) is 10.0 Å². The lowest BCUT2D eigenvalue weighted by molar-refractivity contribution is 0.571. The molecule has 3 heterocycles. The summed E-state index contributed by atoms with van der Waals surface area (Å²) in [6.45, 7) is 1.32. The molecule has 3 aromatic rings. The van der Waals surface area contributed by atoms with E-state index in [0.717, 1.165) is 24.5 Å². The highest BCUT2D eigenvalue weighted by Gasteiger charge is 2.29. The van der Waals surface area contributed by atoms with Gasteiger partial charge in [0.2, 0.25) is 5.95 Å². The van der Waals surface area contributed by atoms with Gasteiger partial charge in [0.05, 0.1) is 11.3 Å². The maximum atomic E-state index is 14.9. The Morgan fingerprint density at radius 1 is 1.19 bits per heavy atom. The molecule has 0 amide bonds. The first-order valence-electron chi connectivity index (χ1n) is 7.81. The summed E-state index contributed by atoms with van der Waals surface area (Å²) in [5.41, 5.74) is -0.944. The van der Waals surface area contributed by atoms with Crippen LogP contribution in [0.2, 0.25) is 0 Å². The molecule has 0 bridgehead atoms. The topological polar surface area (TPSA) is 76.9 Å². The molecule has 27 heavy (non-hydrogen) atoms. The normalized spacial score (nSPS) is 11.7. The van der Waals surface area contributed by atoms with Crippen LogP contribution in [0.15, 0.2) is 41.7 Å². The van der Waals surface area contributed by atoms with Crippen molar-refractivity contribution in [3.8, 4) is 11.3 Å². The van der Waals surface area contributed by atoms with E-state index in [9.17, 15) is 21.6 Å². The summed E-state index contributed by atoms with van der Waals surface area (Å²) in [4.78, 5) is 7.18. The van der Waals surface area contributed by atoms with Crippen LogP contribution in [0.25, 0.3) is 11.3 Å². The summed E-state index contributed by atoms with van der Waals surface area (Å²) >= 11 is 0. The van der Waals surface area contributed by atoms with Gasteiger partial charge in [-0.1, -0.05) is 0 Å². The molecular formula is C17H15F3N4O2S. The minimum Gasteiger partial charge on any atom is -0.316 e. The lowest BCUT2D eigenvalue weighted by Crippen LogP contribution is -2.16. The molecule has 0 unspecified atom stereocenters. The third-order valence-electron chi connectivity index (χ3n) is 3.88. The molecule has 0 fully saturated rings. The number of nitrogens with one attached hydrogen (secondary N) is 1. The number of aromatic nitrogens is 3. The van der Waals surface area contributed by atoms with E-state index >= 15 is 0 Å². The smallest absolute Gasteiger partial charge is 0.285 e. The van der Waals surface area contributed by atoms with Crippen LogP contribution in [0.5, 0.6) is 0 Å². The Hall–Kier alpha value is -2.72. The molecule has 3 rings (SSSR count). The van der Waals surface area contributed by atoms with Crippen LogP contribution < -0.4 is 5.32 Å². The van der Waals surface area contributed by atoms with E-state index in [1.165, 1.54) is 19.1 Å². The molecule has 0 radical (unpaired) electrons. The van der Waals surface area contributed by atoms with Crippen LogP contribution in [-0.4, -0.2) is 29.4 Å². The van der Waals surface area contributed by atoms with Gasteiger partial charge >= 0.3 is 0 Å². The molecule has 0 saturated carbocycles. The van der Waals surface area contributed by atoms with Crippen LogP contribution >= 0.6 is 0 Å². The number of hydrogen-bond acceptors (Lipinski definition) is 5. The fraction of sp³-hybridized carbons (Fsp3) is 0.176. The molecular weight excluding hydrogens is 381 g/mol. The van der Waals surface area contributed by atoms with Gasteiger partial charge in [-0.15, -0.1) is 0 Å². The maximum absolute atomic E-state index is 14.9. The lowest BCUT2D eigenvalue weighted by atomic mass is 10.2. The Labute approximate surface area is 153 Å². The van der Waals surface area contributed by atoms with Gasteiger partial charge < -0.3 is 5.32 Å². The van der Waals surface area contributed by atoms with Crippen LogP contribution in [0.1, 0.15) is 11.3 Å². The number of pyridine rings is 2. The van der Waals surface area contributed by atoms with Crippen molar-refractivity contribution in [2.75, 3.05) is 7.05 Å². The van der Waals surface area contributed by atoms with Crippen LogP contribution in [0.3, 0.4) is 0 Å². The van der Waals surface area contributed by atoms with Gasteiger partial charge in [-0.05, 0) is 38.2 Å². The van der Waals surface area contributed by atoms with E-state index < -0.39 is 38.3 Å². The summed E-state index contributed by atoms with van der Waals surface area (Å²) < 4.78 is 69.2. The molecule has 0 aliphatic carbocycles. The summed E-state index contributed by atoms with van der Waals surface area (Å²) in [5, 5.41) is 2.23. The van der Waals surface area contributed by atoms with E-state index in [2.05, 4.69) is 15.3 Å². The largest absolute Gasteiger partial charge is 0.316 e. The molecule has 0 spiro atoms. The fourth-order valence-corrected chi connectivity index (χ4v) is 3.96. The number of rotatable bonds is 5. The maximum Gasteiger partial charge on any atom is 0.285 e. The van der Waals surface area contributed by atoms with Crippen molar-refractivity contribution in [1.82, 2.24) is 19.3 Å². The lowest BCUT2D eigenvalue weighted by Gasteiger charge is -2.11. The van der Waals surface area contributed by atoms with Crippen molar-refractivity contribution in [2.24, 2.45) is 0 Å². The fourth-order valence-electron chi connectivity index (χ4n) is 2.58. The minimum atomic E-state index is -4.42. The first-order valence-corrected chi connectivity index (χ1v) is 9.25. The number of halogens is 3. The molecule has 142 valence electrons. The van der Waals surface area contributed by atoms with Crippen LogP contribution in [0.4, 0.5) is 13.2 Å². The van der Waals surface area contributed by atoms with Crippen molar-refractivity contribution in [2.45, 2.75) is 18.5 Å². The standard InChI is InChI=1S/C17H15F3N4O2S/c1-10-13(18)5-6-14(23-10)27(25,26)24-9-11(8-21-2)15(19)16(24)12-4-3-7-22-17(12)20/h3-7,9,21H,8H2,1-2H3. The average Bonchev–Trinajstić information content (AvgIpc) is 2.95. The van der Waals surface area contributed by atoms with Crippen molar-refractivity contribution >= 4 is 10.0 Å². The Morgan fingerprint density at radius 3 is 2.56 bits per heavy atom. The predicted molar refractivity (Wildman–Crippen MR) is 91.9 cm³/mol.